The number of aromatic nitrogens is 2. The van der Waals surface area contributed by atoms with E-state index in [-0.39, 0.29) is 10.7 Å². The molecule has 7 heteroatoms. The van der Waals surface area contributed by atoms with Crippen molar-refractivity contribution in [1.82, 2.24) is 9.78 Å². The predicted molar refractivity (Wildman–Crippen MR) is 72.3 cm³/mol. The number of sulfone groups is 1. The van der Waals surface area contributed by atoms with E-state index in [1.54, 1.807) is 24.3 Å². The average Bonchev–Trinajstić information content (AvgIpc) is 2.72. The third-order valence-electron chi connectivity index (χ3n) is 2.56. The van der Waals surface area contributed by atoms with Gasteiger partial charge in [-0.05, 0) is 31.2 Å². The minimum absolute atomic E-state index is 0.0291. The second kappa shape index (κ2) is 4.93. The fraction of sp³-hybridized carbons (Fsp3) is 0.250. The molecule has 2 rings (SSSR count). The Morgan fingerprint density at radius 3 is 2.42 bits per heavy atom. The highest BCUT2D eigenvalue weighted by Crippen LogP contribution is 2.22. The lowest BCUT2D eigenvalue weighted by Gasteiger charge is -2.07. The van der Waals surface area contributed by atoms with Crippen LogP contribution in [0.25, 0.3) is 5.69 Å². The zero-order valence-electron chi connectivity index (χ0n) is 10.7. The van der Waals surface area contributed by atoms with Crippen LogP contribution in [0.4, 0.5) is 5.82 Å². The Kier molecular flexibility index (Phi) is 3.48. The Morgan fingerprint density at radius 1 is 1.32 bits per heavy atom. The van der Waals surface area contributed by atoms with Crippen molar-refractivity contribution in [3.05, 3.63) is 30.5 Å². The van der Waals surface area contributed by atoms with Crippen molar-refractivity contribution in [3.63, 3.8) is 0 Å². The van der Waals surface area contributed by atoms with Crippen molar-refractivity contribution in [2.45, 2.75) is 11.8 Å². The van der Waals surface area contributed by atoms with Crippen LogP contribution < -0.4 is 10.5 Å². The largest absolute Gasteiger partial charge is 0.494 e. The van der Waals surface area contributed by atoms with E-state index in [4.69, 9.17) is 10.5 Å². The maximum absolute atomic E-state index is 11.5. The number of nitrogens with zero attached hydrogens (tertiary/aromatic N) is 2. The molecule has 0 radical (unpaired) electrons. The van der Waals surface area contributed by atoms with E-state index in [1.165, 1.54) is 10.9 Å². The zero-order chi connectivity index (χ0) is 14.0. The normalized spacial score (nSPS) is 11.5. The van der Waals surface area contributed by atoms with E-state index < -0.39 is 9.84 Å². The summed E-state index contributed by atoms with van der Waals surface area (Å²) in [6, 6.07) is 7.08. The monoisotopic (exact) mass is 281 g/mol. The third-order valence-corrected chi connectivity index (χ3v) is 3.68. The second-order valence-corrected chi connectivity index (χ2v) is 5.99. The van der Waals surface area contributed by atoms with Crippen molar-refractivity contribution >= 4 is 15.7 Å². The van der Waals surface area contributed by atoms with Gasteiger partial charge in [0.15, 0.2) is 9.84 Å². The molecule has 0 amide bonds. The minimum atomic E-state index is -3.37. The number of anilines is 1. The van der Waals surface area contributed by atoms with Gasteiger partial charge in [0.1, 0.15) is 16.5 Å². The lowest BCUT2D eigenvalue weighted by molar-refractivity contribution is 0.340. The molecule has 0 unspecified atom stereocenters. The fourth-order valence-corrected chi connectivity index (χ4v) is 2.39. The van der Waals surface area contributed by atoms with Crippen molar-refractivity contribution in [1.29, 1.82) is 0 Å². The Bertz CT molecular complexity index is 675. The maximum Gasteiger partial charge on any atom is 0.180 e. The molecule has 0 saturated carbocycles. The molecule has 0 fully saturated rings. The highest BCUT2D eigenvalue weighted by Gasteiger charge is 2.17. The van der Waals surface area contributed by atoms with Gasteiger partial charge in [-0.25, -0.2) is 13.1 Å². The van der Waals surface area contributed by atoms with Gasteiger partial charge in [0.25, 0.3) is 0 Å². The molecule has 102 valence electrons. The number of rotatable bonds is 4. The van der Waals surface area contributed by atoms with E-state index in [2.05, 4.69) is 5.10 Å². The van der Waals surface area contributed by atoms with Crippen LogP contribution >= 0.6 is 0 Å². The van der Waals surface area contributed by atoms with E-state index >= 15 is 0 Å². The maximum atomic E-state index is 11.5. The number of hydrogen-bond donors (Lipinski definition) is 1. The summed E-state index contributed by atoms with van der Waals surface area (Å²) >= 11 is 0. The summed E-state index contributed by atoms with van der Waals surface area (Å²) in [6.45, 7) is 2.49. The van der Waals surface area contributed by atoms with E-state index in [1.807, 2.05) is 6.92 Å². The summed E-state index contributed by atoms with van der Waals surface area (Å²) in [5.74, 6) is 0.840. The highest BCUT2D eigenvalue weighted by molar-refractivity contribution is 7.90. The topological polar surface area (TPSA) is 87.2 Å². The lowest BCUT2D eigenvalue weighted by Crippen LogP contribution is -2.05. The minimum Gasteiger partial charge on any atom is -0.494 e. The van der Waals surface area contributed by atoms with Crippen molar-refractivity contribution in [2.24, 2.45) is 0 Å². The van der Waals surface area contributed by atoms with Crippen LogP contribution in [0, 0.1) is 0 Å². The highest BCUT2D eigenvalue weighted by atomic mass is 32.2. The lowest BCUT2D eigenvalue weighted by atomic mass is 10.3. The van der Waals surface area contributed by atoms with Crippen LogP contribution in [-0.4, -0.2) is 31.1 Å². The van der Waals surface area contributed by atoms with Crippen LogP contribution in [0.15, 0.2) is 35.4 Å². The van der Waals surface area contributed by atoms with Gasteiger partial charge in [-0.2, -0.15) is 5.10 Å². The van der Waals surface area contributed by atoms with Crippen LogP contribution in [0.1, 0.15) is 6.92 Å². The molecule has 0 aliphatic rings. The first-order valence-corrected chi connectivity index (χ1v) is 7.59. The van der Waals surface area contributed by atoms with Gasteiger partial charge in [-0.15, -0.1) is 0 Å². The molecule has 0 bridgehead atoms. The summed E-state index contributed by atoms with van der Waals surface area (Å²) in [4.78, 5) is 0.0291. The second-order valence-electron chi connectivity index (χ2n) is 4.00. The van der Waals surface area contributed by atoms with Crippen LogP contribution in [0.3, 0.4) is 0 Å². The van der Waals surface area contributed by atoms with Crippen LogP contribution in [-0.2, 0) is 9.84 Å². The van der Waals surface area contributed by atoms with Gasteiger partial charge >= 0.3 is 0 Å². The molecule has 0 aliphatic heterocycles. The van der Waals surface area contributed by atoms with Crippen molar-refractivity contribution < 1.29 is 13.2 Å². The Morgan fingerprint density at radius 2 is 1.95 bits per heavy atom. The summed E-state index contributed by atoms with van der Waals surface area (Å²) in [7, 11) is -3.37. The molecule has 0 atom stereocenters. The standard InChI is InChI=1S/C12H15N3O3S/c1-3-18-10-6-4-9(5-7-10)15-12(13)11(8-14-15)19(2,16)17/h4-8H,3,13H2,1-2H3. The number of benzene rings is 1. The molecule has 0 saturated heterocycles. The van der Waals surface area contributed by atoms with Crippen molar-refractivity contribution in [2.75, 3.05) is 18.6 Å². The molecule has 0 aliphatic carbocycles. The molecule has 0 spiro atoms. The first kappa shape index (κ1) is 13.4. The zero-order valence-corrected chi connectivity index (χ0v) is 11.5. The van der Waals surface area contributed by atoms with E-state index in [0.717, 1.165) is 12.0 Å². The van der Waals surface area contributed by atoms with Gasteiger partial charge in [-0.1, -0.05) is 0 Å². The molecule has 1 aromatic heterocycles. The number of nitrogens with two attached hydrogens (primary N) is 1. The number of ether oxygens (including phenoxy) is 1. The Balaban J connectivity index is 2.40. The van der Waals surface area contributed by atoms with E-state index in [9.17, 15) is 8.42 Å². The van der Waals surface area contributed by atoms with Gasteiger partial charge in [0.05, 0.1) is 18.5 Å². The average molecular weight is 281 g/mol. The van der Waals surface area contributed by atoms with Gasteiger partial charge in [0.2, 0.25) is 0 Å². The molecule has 6 nitrogen and oxygen atoms in total. The Hall–Kier alpha value is -2.02. The summed E-state index contributed by atoms with van der Waals surface area (Å²) in [6.07, 6.45) is 2.35. The molecular formula is C12H15N3O3S. The Labute approximate surface area is 111 Å². The first-order valence-electron chi connectivity index (χ1n) is 5.70. The molecule has 2 aromatic rings. The van der Waals surface area contributed by atoms with Gasteiger partial charge in [0, 0.05) is 6.26 Å². The predicted octanol–water partition coefficient (Wildman–Crippen LogP) is 1.26. The smallest absolute Gasteiger partial charge is 0.180 e. The molecule has 1 heterocycles. The van der Waals surface area contributed by atoms with E-state index in [0.29, 0.717) is 12.3 Å². The summed E-state index contributed by atoms with van der Waals surface area (Å²) in [5, 5.41) is 4.00. The summed E-state index contributed by atoms with van der Waals surface area (Å²) < 4.78 is 29.7. The van der Waals surface area contributed by atoms with Crippen LogP contribution in [0.5, 0.6) is 5.75 Å². The molecular weight excluding hydrogens is 266 g/mol. The van der Waals surface area contributed by atoms with Crippen LogP contribution in [0.2, 0.25) is 0 Å². The summed E-state index contributed by atoms with van der Waals surface area (Å²) in [5.41, 5.74) is 6.48. The number of hydrogen-bond acceptors (Lipinski definition) is 5. The number of nitrogen functional groups attached to an aromatic ring is 1. The third kappa shape index (κ3) is 2.70. The molecule has 2 N–H and O–H groups in total. The SMILES string of the molecule is CCOc1ccc(-n2ncc(S(C)(=O)=O)c2N)cc1. The molecule has 1 aromatic carbocycles. The fourth-order valence-electron chi connectivity index (χ4n) is 1.68. The van der Waals surface area contributed by atoms with Crippen molar-refractivity contribution in [3.8, 4) is 11.4 Å². The quantitative estimate of drug-likeness (QED) is 0.911. The first-order chi connectivity index (χ1) is 8.93. The molecule has 19 heavy (non-hydrogen) atoms. The van der Waals surface area contributed by atoms with Gasteiger partial charge < -0.3 is 10.5 Å². The van der Waals surface area contributed by atoms with Gasteiger partial charge in [-0.3, -0.25) is 0 Å².